The minimum absolute atomic E-state index is 0.167. The molecule has 7 heteroatoms. The fourth-order valence-electron chi connectivity index (χ4n) is 4.64. The quantitative estimate of drug-likeness (QED) is 0.695. The third-order valence-corrected chi connectivity index (χ3v) is 6.44. The lowest BCUT2D eigenvalue weighted by atomic mass is 9.86. The number of amides is 1. The molecule has 31 heavy (non-hydrogen) atoms. The van der Waals surface area contributed by atoms with Gasteiger partial charge in [-0.2, -0.15) is 0 Å². The number of aromatic nitrogens is 1. The maximum absolute atomic E-state index is 13.4. The fraction of sp³-hybridized carbons (Fsp3) is 0.417. The first-order valence-electron chi connectivity index (χ1n) is 10.7. The molecule has 0 saturated carbocycles. The summed E-state index contributed by atoms with van der Waals surface area (Å²) in [5, 5.41) is 0. The standard InChI is InChI=1S/C24H26N2O5/c1-16-6-12-31-24(14-16)7-10-25(11-8-24)22(27)21-17(2)5-9-26(23(21)28)18-3-4-19-20(13-18)30-15-29-19/h3-5,9,13-14H,6-8,10-12,15H2,1-2H3. The molecule has 0 unspecified atom stereocenters. The summed E-state index contributed by atoms with van der Waals surface area (Å²) in [6, 6.07) is 7.13. The van der Waals surface area contributed by atoms with Crippen molar-refractivity contribution in [2.75, 3.05) is 26.5 Å². The molecular formula is C24H26N2O5. The molecule has 1 aromatic carbocycles. The normalized spacial score (nSPS) is 19.4. The van der Waals surface area contributed by atoms with Gasteiger partial charge in [0, 0.05) is 25.4 Å². The van der Waals surface area contributed by atoms with E-state index in [4.69, 9.17) is 14.2 Å². The largest absolute Gasteiger partial charge is 0.454 e. The second-order valence-corrected chi connectivity index (χ2v) is 8.53. The van der Waals surface area contributed by atoms with Crippen LogP contribution in [0.5, 0.6) is 11.5 Å². The Morgan fingerprint density at radius 1 is 1.06 bits per heavy atom. The second-order valence-electron chi connectivity index (χ2n) is 8.53. The predicted octanol–water partition coefficient (Wildman–Crippen LogP) is 3.22. The van der Waals surface area contributed by atoms with E-state index in [1.807, 2.05) is 0 Å². The van der Waals surface area contributed by atoms with Crippen molar-refractivity contribution in [2.45, 2.75) is 38.7 Å². The van der Waals surface area contributed by atoms with Gasteiger partial charge in [0.1, 0.15) is 5.56 Å². The Balaban J connectivity index is 1.42. The van der Waals surface area contributed by atoms with E-state index < -0.39 is 0 Å². The van der Waals surface area contributed by atoms with Gasteiger partial charge in [0.05, 0.1) is 17.9 Å². The van der Waals surface area contributed by atoms with E-state index in [-0.39, 0.29) is 29.4 Å². The molecule has 4 heterocycles. The van der Waals surface area contributed by atoms with Crippen LogP contribution in [-0.4, -0.2) is 47.5 Å². The van der Waals surface area contributed by atoms with Crippen LogP contribution < -0.4 is 15.0 Å². The molecule has 1 saturated heterocycles. The highest BCUT2D eigenvalue weighted by atomic mass is 16.7. The van der Waals surface area contributed by atoms with E-state index in [0.29, 0.717) is 35.8 Å². The average molecular weight is 422 g/mol. The van der Waals surface area contributed by atoms with Gasteiger partial charge in [-0.25, -0.2) is 0 Å². The Kier molecular flexibility index (Phi) is 4.85. The molecule has 0 radical (unpaired) electrons. The molecule has 0 bridgehead atoms. The van der Waals surface area contributed by atoms with Crippen LogP contribution in [-0.2, 0) is 4.74 Å². The molecule has 0 N–H and O–H groups in total. The lowest BCUT2D eigenvalue weighted by Crippen LogP contribution is -2.49. The van der Waals surface area contributed by atoms with Crippen molar-refractivity contribution in [2.24, 2.45) is 0 Å². The number of hydrogen-bond acceptors (Lipinski definition) is 5. The lowest BCUT2D eigenvalue weighted by Gasteiger charge is -2.42. The highest BCUT2D eigenvalue weighted by molar-refractivity contribution is 5.95. The first kappa shape index (κ1) is 19.9. The molecule has 2 aromatic rings. The summed E-state index contributed by atoms with van der Waals surface area (Å²) in [5.74, 6) is 1.02. The molecular weight excluding hydrogens is 396 g/mol. The molecule has 7 nitrogen and oxygen atoms in total. The number of rotatable bonds is 2. The average Bonchev–Trinajstić information content (AvgIpc) is 3.22. The summed E-state index contributed by atoms with van der Waals surface area (Å²) >= 11 is 0. The number of pyridine rings is 1. The van der Waals surface area contributed by atoms with Crippen molar-refractivity contribution >= 4 is 5.91 Å². The molecule has 0 atom stereocenters. The molecule has 3 aliphatic rings. The number of carbonyl (C=O) groups is 1. The van der Waals surface area contributed by atoms with Gasteiger partial charge in [-0.3, -0.25) is 14.2 Å². The lowest BCUT2D eigenvalue weighted by molar-refractivity contribution is -0.0522. The molecule has 5 rings (SSSR count). The van der Waals surface area contributed by atoms with E-state index in [2.05, 4.69) is 13.0 Å². The van der Waals surface area contributed by atoms with Gasteiger partial charge in [-0.15, -0.1) is 0 Å². The Morgan fingerprint density at radius 3 is 2.61 bits per heavy atom. The Bertz CT molecular complexity index is 1130. The van der Waals surface area contributed by atoms with Crippen LogP contribution >= 0.6 is 0 Å². The Hall–Kier alpha value is -3.06. The minimum Gasteiger partial charge on any atom is -0.454 e. The molecule has 1 spiro atoms. The first-order chi connectivity index (χ1) is 15.0. The summed E-state index contributed by atoms with van der Waals surface area (Å²) in [7, 11) is 0. The third kappa shape index (κ3) is 3.53. The molecule has 1 amide bonds. The summed E-state index contributed by atoms with van der Waals surface area (Å²) in [5.41, 5.74) is 2.28. The maximum atomic E-state index is 13.4. The number of aryl methyl sites for hydroxylation is 1. The van der Waals surface area contributed by atoms with Gasteiger partial charge in [0.25, 0.3) is 11.5 Å². The van der Waals surface area contributed by atoms with Crippen molar-refractivity contribution in [3.05, 3.63) is 63.6 Å². The summed E-state index contributed by atoms with van der Waals surface area (Å²) in [6.45, 7) is 5.98. The first-order valence-corrected chi connectivity index (χ1v) is 10.7. The van der Waals surface area contributed by atoms with Gasteiger partial charge in [0.15, 0.2) is 11.5 Å². The fourth-order valence-corrected chi connectivity index (χ4v) is 4.64. The van der Waals surface area contributed by atoms with E-state index in [9.17, 15) is 9.59 Å². The Morgan fingerprint density at radius 2 is 1.84 bits per heavy atom. The minimum atomic E-state index is -0.325. The molecule has 3 aliphatic heterocycles. The second kappa shape index (κ2) is 7.57. The smallest absolute Gasteiger partial charge is 0.268 e. The van der Waals surface area contributed by atoms with Crippen molar-refractivity contribution in [1.82, 2.24) is 9.47 Å². The van der Waals surface area contributed by atoms with Crippen molar-refractivity contribution in [3.8, 4) is 17.2 Å². The number of ether oxygens (including phenoxy) is 3. The van der Waals surface area contributed by atoms with Crippen LogP contribution in [0.1, 0.15) is 42.1 Å². The van der Waals surface area contributed by atoms with Gasteiger partial charge >= 0.3 is 0 Å². The Labute approximate surface area is 180 Å². The van der Waals surface area contributed by atoms with Gasteiger partial charge in [-0.05, 0) is 56.9 Å². The number of likely N-dealkylation sites (tertiary alicyclic amines) is 1. The topological polar surface area (TPSA) is 70.0 Å². The maximum Gasteiger partial charge on any atom is 0.268 e. The predicted molar refractivity (Wildman–Crippen MR) is 115 cm³/mol. The van der Waals surface area contributed by atoms with Gasteiger partial charge < -0.3 is 19.1 Å². The van der Waals surface area contributed by atoms with Crippen LogP contribution in [0.3, 0.4) is 0 Å². The zero-order valence-electron chi connectivity index (χ0n) is 17.8. The van der Waals surface area contributed by atoms with Crippen LogP contribution in [0.25, 0.3) is 5.69 Å². The van der Waals surface area contributed by atoms with Crippen molar-refractivity contribution in [1.29, 1.82) is 0 Å². The van der Waals surface area contributed by atoms with Crippen molar-refractivity contribution in [3.63, 3.8) is 0 Å². The number of hydrogen-bond donors (Lipinski definition) is 0. The highest BCUT2D eigenvalue weighted by Gasteiger charge is 2.37. The number of carbonyl (C=O) groups excluding carboxylic acids is 1. The zero-order valence-corrected chi connectivity index (χ0v) is 17.8. The number of benzene rings is 1. The summed E-state index contributed by atoms with van der Waals surface area (Å²) < 4.78 is 18.3. The van der Waals surface area contributed by atoms with Crippen LogP contribution in [0.2, 0.25) is 0 Å². The highest BCUT2D eigenvalue weighted by Crippen LogP contribution is 2.34. The number of nitrogens with zero attached hydrogens (tertiary/aromatic N) is 2. The monoisotopic (exact) mass is 422 g/mol. The number of fused-ring (bicyclic) bond motifs is 1. The van der Waals surface area contributed by atoms with Crippen LogP contribution in [0.4, 0.5) is 0 Å². The molecule has 162 valence electrons. The SMILES string of the molecule is CC1=CC2(CCN(C(=O)c3c(C)ccn(-c4ccc5c(c4)OCO5)c3=O)CC2)OCC1. The summed E-state index contributed by atoms with van der Waals surface area (Å²) in [6.07, 6.45) is 6.38. The third-order valence-electron chi connectivity index (χ3n) is 6.44. The van der Waals surface area contributed by atoms with E-state index in [1.54, 1.807) is 42.3 Å². The van der Waals surface area contributed by atoms with Crippen LogP contribution in [0, 0.1) is 6.92 Å². The molecule has 1 fully saturated rings. The van der Waals surface area contributed by atoms with Crippen molar-refractivity contribution < 1.29 is 19.0 Å². The van der Waals surface area contributed by atoms with Gasteiger partial charge in [-0.1, -0.05) is 11.6 Å². The van der Waals surface area contributed by atoms with Crippen LogP contribution in [0.15, 0.2) is 46.9 Å². The van der Waals surface area contributed by atoms with Gasteiger partial charge in [0.2, 0.25) is 6.79 Å². The number of piperidine rings is 1. The van der Waals surface area contributed by atoms with E-state index >= 15 is 0 Å². The molecule has 1 aromatic heterocycles. The summed E-state index contributed by atoms with van der Waals surface area (Å²) in [4.78, 5) is 28.5. The zero-order chi connectivity index (χ0) is 21.6. The molecule has 0 aliphatic carbocycles. The van der Waals surface area contributed by atoms with E-state index in [0.717, 1.165) is 25.9 Å². The van der Waals surface area contributed by atoms with E-state index in [1.165, 1.54) is 10.1 Å².